The third-order valence-corrected chi connectivity index (χ3v) is 5.93. The van der Waals surface area contributed by atoms with Crippen molar-refractivity contribution in [2.24, 2.45) is 0 Å². The second-order valence-electron chi connectivity index (χ2n) is 5.93. The Morgan fingerprint density at radius 2 is 1.95 bits per heavy atom. The molecular weight excluding hydrogens is 318 g/mol. The summed E-state index contributed by atoms with van der Waals surface area (Å²) in [5, 5.41) is 5.44. The molecule has 0 amide bonds. The van der Waals surface area contributed by atoms with Gasteiger partial charge in [0.1, 0.15) is 5.75 Å². The van der Waals surface area contributed by atoms with E-state index < -0.39 is 15.4 Å². The minimum Gasteiger partial charge on any atom is -0.432 e. The highest BCUT2D eigenvalue weighted by molar-refractivity contribution is 7.91. The quantitative estimate of drug-likeness (QED) is 0.855. The lowest BCUT2D eigenvalue weighted by Crippen LogP contribution is -2.47. The van der Waals surface area contributed by atoms with E-state index in [2.05, 4.69) is 5.32 Å². The number of fused-ring (bicyclic) bond motifs is 1. The van der Waals surface area contributed by atoms with Gasteiger partial charge in [-0.2, -0.15) is 0 Å². The molecule has 1 fully saturated rings. The van der Waals surface area contributed by atoms with Gasteiger partial charge in [0.25, 0.3) is 5.17 Å². The molecule has 2 aromatic carbocycles. The maximum Gasteiger partial charge on any atom is 0.262 e. The van der Waals surface area contributed by atoms with Crippen LogP contribution in [0.1, 0.15) is 13.3 Å². The van der Waals surface area contributed by atoms with Crippen molar-refractivity contribution >= 4 is 38.0 Å². The number of rotatable bonds is 2. The number of sulfone groups is 1. The highest BCUT2D eigenvalue weighted by Gasteiger charge is 2.39. The van der Waals surface area contributed by atoms with Gasteiger partial charge in [-0.1, -0.05) is 30.3 Å². The molecule has 0 spiro atoms. The fraction of sp³-hybridized carbons (Fsp3) is 0.312. The van der Waals surface area contributed by atoms with Gasteiger partial charge in [0, 0.05) is 0 Å². The number of nitrogens with one attached hydrogen (secondary N) is 1. The smallest absolute Gasteiger partial charge is 0.262 e. The molecule has 4 nitrogen and oxygen atoms in total. The summed E-state index contributed by atoms with van der Waals surface area (Å²) >= 11 is 5.21. The minimum absolute atomic E-state index is 0.0845. The molecule has 1 atom stereocenters. The summed E-state index contributed by atoms with van der Waals surface area (Å²) in [6, 6.07) is 13.7. The van der Waals surface area contributed by atoms with Crippen LogP contribution in [-0.2, 0) is 9.84 Å². The van der Waals surface area contributed by atoms with Gasteiger partial charge in [-0.05, 0) is 48.5 Å². The molecule has 116 valence electrons. The zero-order valence-electron chi connectivity index (χ0n) is 12.2. The minimum atomic E-state index is -2.98. The van der Waals surface area contributed by atoms with Gasteiger partial charge in [-0.3, -0.25) is 0 Å². The van der Waals surface area contributed by atoms with E-state index in [-0.39, 0.29) is 16.7 Å². The molecule has 0 aliphatic carbocycles. The molecule has 0 aromatic heterocycles. The van der Waals surface area contributed by atoms with E-state index >= 15 is 0 Å². The van der Waals surface area contributed by atoms with Gasteiger partial charge < -0.3 is 10.1 Å². The molecule has 22 heavy (non-hydrogen) atoms. The van der Waals surface area contributed by atoms with E-state index in [0.717, 1.165) is 10.8 Å². The Hall–Kier alpha value is -1.66. The number of hydrogen-bond donors (Lipinski definition) is 1. The summed E-state index contributed by atoms with van der Waals surface area (Å²) in [7, 11) is -2.98. The van der Waals surface area contributed by atoms with Crippen LogP contribution in [0.5, 0.6) is 5.75 Å². The lowest BCUT2D eigenvalue weighted by Gasteiger charge is -2.25. The summed E-state index contributed by atoms with van der Waals surface area (Å²) in [5.41, 5.74) is -0.549. The Morgan fingerprint density at radius 1 is 1.23 bits per heavy atom. The first-order valence-electron chi connectivity index (χ1n) is 7.05. The summed E-state index contributed by atoms with van der Waals surface area (Å²) in [4.78, 5) is 0. The third-order valence-electron chi connectivity index (χ3n) is 3.84. The van der Waals surface area contributed by atoms with Crippen LogP contribution in [0.3, 0.4) is 0 Å². The molecule has 1 N–H and O–H groups in total. The molecule has 0 radical (unpaired) electrons. The first-order valence-corrected chi connectivity index (χ1v) is 9.28. The van der Waals surface area contributed by atoms with Crippen molar-refractivity contribution in [1.82, 2.24) is 5.32 Å². The van der Waals surface area contributed by atoms with Gasteiger partial charge >= 0.3 is 0 Å². The lowest BCUT2D eigenvalue weighted by atomic mass is 10.0. The van der Waals surface area contributed by atoms with E-state index in [4.69, 9.17) is 17.0 Å². The first-order chi connectivity index (χ1) is 10.4. The molecule has 6 heteroatoms. The highest BCUT2D eigenvalue weighted by Crippen LogP contribution is 2.24. The van der Waals surface area contributed by atoms with E-state index in [9.17, 15) is 8.42 Å². The van der Waals surface area contributed by atoms with Crippen LogP contribution in [0.4, 0.5) is 0 Å². The van der Waals surface area contributed by atoms with Crippen molar-refractivity contribution in [2.45, 2.75) is 18.9 Å². The van der Waals surface area contributed by atoms with Crippen LogP contribution in [0.2, 0.25) is 0 Å². The Morgan fingerprint density at radius 3 is 2.64 bits per heavy atom. The molecular formula is C16H17NO3S2. The van der Waals surface area contributed by atoms with Gasteiger partial charge in [0.05, 0.1) is 17.0 Å². The number of thiocarbonyl (C=S) groups is 1. The molecule has 1 aliphatic rings. The van der Waals surface area contributed by atoms with Gasteiger partial charge in [0.15, 0.2) is 9.84 Å². The molecule has 3 rings (SSSR count). The van der Waals surface area contributed by atoms with Crippen molar-refractivity contribution in [1.29, 1.82) is 0 Å². The second-order valence-corrected chi connectivity index (χ2v) is 8.48. The van der Waals surface area contributed by atoms with Gasteiger partial charge in [0.2, 0.25) is 0 Å². The fourth-order valence-electron chi connectivity index (χ4n) is 2.72. The van der Waals surface area contributed by atoms with E-state index in [1.807, 2.05) is 49.4 Å². The van der Waals surface area contributed by atoms with Crippen LogP contribution in [0.15, 0.2) is 42.5 Å². The molecule has 1 heterocycles. The van der Waals surface area contributed by atoms with Crippen LogP contribution in [0, 0.1) is 0 Å². The summed E-state index contributed by atoms with van der Waals surface area (Å²) in [6.07, 6.45) is 0.538. The van der Waals surface area contributed by atoms with E-state index in [1.54, 1.807) is 0 Å². The average Bonchev–Trinajstić information content (AvgIpc) is 2.72. The Balaban J connectivity index is 1.71. The van der Waals surface area contributed by atoms with Crippen LogP contribution in [0.25, 0.3) is 10.8 Å². The molecule has 1 unspecified atom stereocenters. The Kier molecular flexibility index (Phi) is 3.82. The predicted molar refractivity (Wildman–Crippen MR) is 92.0 cm³/mol. The summed E-state index contributed by atoms with van der Waals surface area (Å²) < 4.78 is 28.9. The topological polar surface area (TPSA) is 55.4 Å². The third kappa shape index (κ3) is 3.39. The van der Waals surface area contributed by atoms with Crippen molar-refractivity contribution in [3.63, 3.8) is 0 Å². The Bertz CT molecular complexity index is 832. The molecule has 0 bridgehead atoms. The first kappa shape index (κ1) is 15.2. The van der Waals surface area contributed by atoms with E-state index in [0.29, 0.717) is 12.2 Å². The van der Waals surface area contributed by atoms with Crippen LogP contribution in [-0.4, -0.2) is 30.6 Å². The summed E-state index contributed by atoms with van der Waals surface area (Å²) in [6.45, 7) is 1.85. The molecule has 2 aromatic rings. The monoisotopic (exact) mass is 335 g/mol. The van der Waals surface area contributed by atoms with Crippen LogP contribution < -0.4 is 10.1 Å². The average molecular weight is 335 g/mol. The molecule has 1 saturated heterocycles. The van der Waals surface area contributed by atoms with Crippen molar-refractivity contribution in [3.05, 3.63) is 42.5 Å². The summed E-state index contributed by atoms with van der Waals surface area (Å²) in [5.74, 6) is 0.914. The largest absolute Gasteiger partial charge is 0.432 e. The van der Waals surface area contributed by atoms with Gasteiger partial charge in [-0.15, -0.1) is 0 Å². The normalized spacial score (nSPS) is 23.3. The molecule has 0 saturated carbocycles. The zero-order valence-corrected chi connectivity index (χ0v) is 13.8. The fourth-order valence-corrected chi connectivity index (χ4v) is 5.15. The SMILES string of the molecule is CC1(NC(=S)Oc2ccc3ccccc3c2)CCS(=O)(=O)C1. The van der Waals surface area contributed by atoms with Crippen LogP contribution >= 0.6 is 12.2 Å². The van der Waals surface area contributed by atoms with Gasteiger partial charge in [-0.25, -0.2) is 8.42 Å². The maximum atomic E-state index is 11.6. The number of benzene rings is 2. The Labute approximate surface area is 135 Å². The number of ether oxygens (including phenoxy) is 1. The predicted octanol–water partition coefficient (Wildman–Crippen LogP) is 2.67. The second kappa shape index (κ2) is 5.52. The zero-order chi connectivity index (χ0) is 15.8. The molecule has 1 aliphatic heterocycles. The van der Waals surface area contributed by atoms with Crippen molar-refractivity contribution < 1.29 is 13.2 Å². The van der Waals surface area contributed by atoms with Crippen molar-refractivity contribution in [2.75, 3.05) is 11.5 Å². The number of hydrogen-bond acceptors (Lipinski definition) is 4. The highest BCUT2D eigenvalue weighted by atomic mass is 32.2. The standard InChI is InChI=1S/C16H17NO3S2/c1-16(8-9-22(18,19)11-16)17-15(21)20-14-7-6-12-4-2-3-5-13(12)10-14/h2-7,10H,8-9,11H2,1H3,(H,17,21). The lowest BCUT2D eigenvalue weighted by molar-refractivity contribution is 0.425. The maximum absolute atomic E-state index is 11.6. The van der Waals surface area contributed by atoms with Crippen molar-refractivity contribution in [3.8, 4) is 5.75 Å². The van der Waals surface area contributed by atoms with E-state index in [1.165, 1.54) is 0 Å².